The fourth-order valence-corrected chi connectivity index (χ4v) is 4.14. The number of oxazole rings is 1. The standard InChI is InChI=1S/C29H23N3O6/c1-35-29(19-7-10-24-26(14-19)38-27(16-30)32-24)22-15-21(9-11-25(22)36-13-12-28(33)34)37-17-20-8-6-18-4-2-3-5-23(18)31-20/h2-11,14-15,29H,12-13,17H2,1H3,(H,33,34). The topological polar surface area (TPSA) is 128 Å². The molecule has 0 saturated heterocycles. The molecule has 0 saturated carbocycles. The van der Waals surface area contributed by atoms with Crippen LogP contribution in [0.4, 0.5) is 0 Å². The Morgan fingerprint density at radius 2 is 1.89 bits per heavy atom. The average Bonchev–Trinajstić information content (AvgIpc) is 3.36. The molecule has 2 aromatic heterocycles. The van der Waals surface area contributed by atoms with Gasteiger partial charge < -0.3 is 23.7 Å². The lowest BCUT2D eigenvalue weighted by Crippen LogP contribution is -2.10. The van der Waals surface area contributed by atoms with Gasteiger partial charge in [-0.05, 0) is 48.0 Å². The molecule has 0 spiro atoms. The van der Waals surface area contributed by atoms with E-state index in [4.69, 9.17) is 29.0 Å². The van der Waals surface area contributed by atoms with Gasteiger partial charge in [0.15, 0.2) is 11.7 Å². The highest BCUT2D eigenvalue weighted by Crippen LogP contribution is 2.37. The highest BCUT2D eigenvalue weighted by molar-refractivity contribution is 5.78. The van der Waals surface area contributed by atoms with Crippen molar-refractivity contribution in [1.29, 1.82) is 5.26 Å². The summed E-state index contributed by atoms with van der Waals surface area (Å²) in [5, 5.41) is 19.2. The van der Waals surface area contributed by atoms with Crippen LogP contribution in [0.5, 0.6) is 11.5 Å². The van der Waals surface area contributed by atoms with E-state index in [9.17, 15) is 4.79 Å². The van der Waals surface area contributed by atoms with E-state index in [1.54, 1.807) is 37.4 Å². The maximum absolute atomic E-state index is 11.0. The van der Waals surface area contributed by atoms with E-state index in [0.29, 0.717) is 28.2 Å². The first-order valence-corrected chi connectivity index (χ1v) is 11.8. The fraction of sp³-hybridized carbons (Fsp3) is 0.172. The van der Waals surface area contributed by atoms with Crippen molar-refractivity contribution in [1.82, 2.24) is 9.97 Å². The minimum atomic E-state index is -0.957. The van der Waals surface area contributed by atoms with E-state index < -0.39 is 12.1 Å². The molecule has 5 rings (SSSR count). The quantitative estimate of drug-likeness (QED) is 0.262. The number of nitrogens with zero attached hydrogens (tertiary/aromatic N) is 3. The third-order valence-electron chi connectivity index (χ3n) is 5.93. The van der Waals surface area contributed by atoms with Crippen LogP contribution in [-0.2, 0) is 16.1 Å². The van der Waals surface area contributed by atoms with Crippen LogP contribution in [0.25, 0.3) is 22.0 Å². The number of nitriles is 1. The van der Waals surface area contributed by atoms with E-state index in [-0.39, 0.29) is 25.5 Å². The summed E-state index contributed by atoms with van der Waals surface area (Å²) in [4.78, 5) is 19.8. The van der Waals surface area contributed by atoms with Crippen LogP contribution in [-0.4, -0.2) is 34.8 Å². The number of hydrogen-bond donors (Lipinski definition) is 1. The number of para-hydroxylation sites is 1. The Kier molecular flexibility index (Phi) is 7.15. The number of carboxylic acid groups (broad SMARTS) is 1. The first-order chi connectivity index (χ1) is 18.5. The summed E-state index contributed by atoms with van der Waals surface area (Å²) < 4.78 is 23.2. The molecule has 190 valence electrons. The third-order valence-corrected chi connectivity index (χ3v) is 5.93. The molecule has 9 heteroatoms. The monoisotopic (exact) mass is 509 g/mol. The minimum absolute atomic E-state index is 0.00729. The zero-order valence-electron chi connectivity index (χ0n) is 20.5. The molecule has 0 fully saturated rings. The first kappa shape index (κ1) is 24.7. The molecule has 2 heterocycles. The van der Waals surface area contributed by atoms with Gasteiger partial charge in [-0.15, -0.1) is 0 Å². The second kappa shape index (κ2) is 11.0. The van der Waals surface area contributed by atoms with Crippen molar-refractivity contribution in [3.05, 3.63) is 95.5 Å². The average molecular weight is 510 g/mol. The van der Waals surface area contributed by atoms with Gasteiger partial charge in [0, 0.05) is 18.1 Å². The van der Waals surface area contributed by atoms with Gasteiger partial charge in [0.05, 0.1) is 24.2 Å². The normalized spacial score (nSPS) is 11.8. The molecule has 1 atom stereocenters. The van der Waals surface area contributed by atoms with Crippen molar-refractivity contribution in [3.63, 3.8) is 0 Å². The Morgan fingerprint density at radius 3 is 2.71 bits per heavy atom. The van der Waals surface area contributed by atoms with E-state index in [2.05, 4.69) is 9.97 Å². The number of hydrogen-bond acceptors (Lipinski definition) is 8. The number of aliphatic carboxylic acids is 1. The van der Waals surface area contributed by atoms with Gasteiger partial charge in [-0.2, -0.15) is 10.2 Å². The predicted octanol–water partition coefficient (Wildman–Crippen LogP) is 5.42. The number of pyridine rings is 1. The van der Waals surface area contributed by atoms with Crippen molar-refractivity contribution in [2.75, 3.05) is 13.7 Å². The number of ether oxygens (including phenoxy) is 3. The van der Waals surface area contributed by atoms with Crippen molar-refractivity contribution < 1.29 is 28.5 Å². The summed E-state index contributed by atoms with van der Waals surface area (Å²) in [6.45, 7) is 0.245. The Hall–Kier alpha value is -4.94. The molecular weight excluding hydrogens is 486 g/mol. The summed E-state index contributed by atoms with van der Waals surface area (Å²) in [6, 6.07) is 24.3. The van der Waals surface area contributed by atoms with E-state index in [1.165, 1.54) is 0 Å². The SMILES string of the molecule is COC(c1ccc2nc(C#N)oc2c1)c1cc(OCc2ccc3ccccc3n2)ccc1OCCC(=O)O. The molecule has 3 aromatic carbocycles. The molecule has 0 aliphatic carbocycles. The van der Waals surface area contributed by atoms with Crippen molar-refractivity contribution in [2.24, 2.45) is 0 Å². The molecule has 38 heavy (non-hydrogen) atoms. The van der Waals surface area contributed by atoms with Crippen LogP contribution in [0.3, 0.4) is 0 Å². The van der Waals surface area contributed by atoms with Crippen LogP contribution in [0.15, 0.2) is 77.2 Å². The van der Waals surface area contributed by atoms with Gasteiger partial charge in [-0.25, -0.2) is 4.98 Å². The van der Waals surface area contributed by atoms with Crippen molar-refractivity contribution >= 4 is 28.0 Å². The van der Waals surface area contributed by atoms with Gasteiger partial charge in [0.1, 0.15) is 29.7 Å². The molecule has 0 amide bonds. The van der Waals surface area contributed by atoms with Crippen LogP contribution < -0.4 is 9.47 Å². The third kappa shape index (κ3) is 5.40. The number of carbonyl (C=O) groups is 1. The number of carboxylic acids is 1. The molecular formula is C29H23N3O6. The molecule has 1 N–H and O–H groups in total. The maximum Gasteiger partial charge on any atom is 0.306 e. The molecule has 0 aliphatic heterocycles. The van der Waals surface area contributed by atoms with Crippen LogP contribution >= 0.6 is 0 Å². The summed E-state index contributed by atoms with van der Waals surface area (Å²) in [6.07, 6.45) is -0.749. The highest BCUT2D eigenvalue weighted by atomic mass is 16.5. The molecule has 9 nitrogen and oxygen atoms in total. The number of aromatic nitrogens is 2. The van der Waals surface area contributed by atoms with Gasteiger partial charge in [0.2, 0.25) is 0 Å². The number of benzene rings is 3. The molecule has 5 aromatic rings. The second-order valence-corrected chi connectivity index (χ2v) is 8.45. The van der Waals surface area contributed by atoms with Crippen LogP contribution in [0, 0.1) is 11.3 Å². The van der Waals surface area contributed by atoms with E-state index in [0.717, 1.165) is 22.2 Å². The van der Waals surface area contributed by atoms with Gasteiger partial charge in [-0.1, -0.05) is 30.3 Å². The Labute approximate surface area is 217 Å². The van der Waals surface area contributed by atoms with Crippen molar-refractivity contribution in [2.45, 2.75) is 19.1 Å². The van der Waals surface area contributed by atoms with Gasteiger partial charge >= 0.3 is 11.9 Å². The minimum Gasteiger partial charge on any atom is -0.493 e. The molecule has 1 unspecified atom stereocenters. The second-order valence-electron chi connectivity index (χ2n) is 8.45. The van der Waals surface area contributed by atoms with E-state index in [1.807, 2.05) is 48.5 Å². The van der Waals surface area contributed by atoms with Crippen molar-refractivity contribution in [3.8, 4) is 17.6 Å². The summed E-state index contributed by atoms with van der Waals surface area (Å²) in [5.74, 6) is 0.0445. The largest absolute Gasteiger partial charge is 0.493 e. The first-order valence-electron chi connectivity index (χ1n) is 11.8. The lowest BCUT2D eigenvalue weighted by atomic mass is 9.99. The van der Waals surface area contributed by atoms with Gasteiger partial charge in [0.25, 0.3) is 0 Å². The van der Waals surface area contributed by atoms with E-state index >= 15 is 0 Å². The highest BCUT2D eigenvalue weighted by Gasteiger charge is 2.21. The molecule has 0 bridgehead atoms. The Balaban J connectivity index is 1.45. The number of rotatable bonds is 10. The zero-order chi connectivity index (χ0) is 26.5. The number of methoxy groups -OCH3 is 1. The Bertz CT molecular complexity index is 1660. The smallest absolute Gasteiger partial charge is 0.306 e. The Morgan fingerprint density at radius 1 is 1.03 bits per heavy atom. The zero-order valence-corrected chi connectivity index (χ0v) is 20.5. The fourth-order valence-electron chi connectivity index (χ4n) is 4.14. The van der Waals surface area contributed by atoms with Crippen LogP contribution in [0.1, 0.15) is 35.2 Å². The lowest BCUT2D eigenvalue weighted by Gasteiger charge is -2.21. The van der Waals surface area contributed by atoms with Gasteiger partial charge in [-0.3, -0.25) is 4.79 Å². The lowest BCUT2D eigenvalue weighted by molar-refractivity contribution is -0.137. The number of fused-ring (bicyclic) bond motifs is 2. The molecule has 0 radical (unpaired) electrons. The molecule has 0 aliphatic rings. The maximum atomic E-state index is 11.0. The summed E-state index contributed by atoms with van der Waals surface area (Å²) in [7, 11) is 1.56. The predicted molar refractivity (Wildman–Crippen MR) is 138 cm³/mol. The summed E-state index contributed by atoms with van der Waals surface area (Å²) >= 11 is 0. The van der Waals surface area contributed by atoms with Crippen LogP contribution in [0.2, 0.25) is 0 Å². The summed E-state index contributed by atoms with van der Waals surface area (Å²) in [5.41, 5.74) is 4.04.